The lowest BCUT2D eigenvalue weighted by molar-refractivity contribution is -0.135. The number of nitrogens with zero attached hydrogens (tertiary/aromatic N) is 3. The van der Waals surface area contributed by atoms with Crippen molar-refractivity contribution in [2.75, 3.05) is 26.2 Å². The minimum absolute atomic E-state index is 0.0954. The summed E-state index contributed by atoms with van der Waals surface area (Å²) in [6.07, 6.45) is 2.47. The Bertz CT molecular complexity index is 708. The maximum absolute atomic E-state index is 12.9. The number of aromatic nitrogens is 1. The summed E-state index contributed by atoms with van der Waals surface area (Å²) >= 11 is 0. The highest BCUT2D eigenvalue weighted by molar-refractivity contribution is 7.89. The van der Waals surface area contributed by atoms with Gasteiger partial charge in [0.2, 0.25) is 15.9 Å². The van der Waals surface area contributed by atoms with Crippen LogP contribution < -0.4 is 0 Å². The van der Waals surface area contributed by atoms with E-state index in [1.807, 2.05) is 4.90 Å². The zero-order chi connectivity index (χ0) is 17.5. The molecule has 0 unspecified atom stereocenters. The maximum atomic E-state index is 12.9. The predicted octanol–water partition coefficient (Wildman–Crippen LogP) is 1.56. The van der Waals surface area contributed by atoms with Crippen LogP contribution in [0.5, 0.6) is 0 Å². The Morgan fingerprint density at radius 3 is 2.54 bits per heavy atom. The van der Waals surface area contributed by atoms with Crippen LogP contribution in [0.25, 0.3) is 0 Å². The van der Waals surface area contributed by atoms with Gasteiger partial charge in [-0.15, -0.1) is 0 Å². The van der Waals surface area contributed by atoms with E-state index in [2.05, 4.69) is 12.1 Å². The van der Waals surface area contributed by atoms with E-state index in [1.54, 1.807) is 13.8 Å². The van der Waals surface area contributed by atoms with Crippen LogP contribution in [0, 0.1) is 25.7 Å². The molecule has 0 bridgehead atoms. The molecule has 2 fully saturated rings. The van der Waals surface area contributed by atoms with E-state index in [9.17, 15) is 13.2 Å². The summed E-state index contributed by atoms with van der Waals surface area (Å²) in [7, 11) is -3.67. The third-order valence-corrected chi connectivity index (χ3v) is 7.14. The number of carbonyl (C=O) groups excluding carboxylic acids is 1. The quantitative estimate of drug-likeness (QED) is 0.821. The van der Waals surface area contributed by atoms with Gasteiger partial charge in [-0.1, -0.05) is 12.1 Å². The fourth-order valence-corrected chi connectivity index (χ4v) is 5.54. The highest BCUT2D eigenvalue weighted by atomic mass is 32.2. The normalized spacial score (nSPS) is 26.0. The minimum Gasteiger partial charge on any atom is -0.360 e. The van der Waals surface area contributed by atoms with E-state index in [1.165, 1.54) is 4.31 Å². The minimum atomic E-state index is -3.67. The van der Waals surface area contributed by atoms with Gasteiger partial charge in [0.1, 0.15) is 10.6 Å². The molecule has 0 aliphatic carbocycles. The van der Waals surface area contributed by atoms with Crippen molar-refractivity contribution in [2.24, 2.45) is 11.8 Å². The Morgan fingerprint density at radius 1 is 1.21 bits per heavy atom. The second-order valence-electron chi connectivity index (χ2n) is 7.03. The molecule has 8 heteroatoms. The van der Waals surface area contributed by atoms with Crippen molar-refractivity contribution in [2.45, 2.75) is 44.9 Å². The second-order valence-corrected chi connectivity index (χ2v) is 8.91. The van der Waals surface area contributed by atoms with Crippen molar-refractivity contribution in [1.29, 1.82) is 0 Å². The fraction of sp³-hybridized carbons (Fsp3) is 0.750. The molecule has 1 aromatic rings. The molecule has 2 atom stereocenters. The van der Waals surface area contributed by atoms with E-state index in [4.69, 9.17) is 4.52 Å². The number of rotatable bonds is 3. The summed E-state index contributed by atoms with van der Waals surface area (Å²) in [6.45, 7) is 7.62. The number of piperidine rings is 1. The van der Waals surface area contributed by atoms with E-state index < -0.39 is 10.0 Å². The smallest absolute Gasteiger partial charge is 0.248 e. The first-order valence-electron chi connectivity index (χ1n) is 8.52. The van der Waals surface area contributed by atoms with Crippen LogP contribution in [0.3, 0.4) is 0 Å². The first-order valence-corrected chi connectivity index (χ1v) is 9.96. The third-order valence-electron chi connectivity index (χ3n) is 5.03. The highest BCUT2D eigenvalue weighted by Gasteiger charge is 2.38. The molecule has 3 rings (SSSR count). The van der Waals surface area contributed by atoms with Gasteiger partial charge in [0, 0.05) is 26.2 Å². The lowest BCUT2D eigenvalue weighted by Gasteiger charge is -2.33. The molecule has 0 spiro atoms. The Balaban J connectivity index is 1.77. The van der Waals surface area contributed by atoms with Crippen LogP contribution in [0.2, 0.25) is 0 Å². The molecular formula is C16H25N3O4S. The first-order chi connectivity index (χ1) is 11.3. The lowest BCUT2D eigenvalue weighted by Crippen LogP contribution is -2.46. The van der Waals surface area contributed by atoms with E-state index in [0.29, 0.717) is 30.3 Å². The number of hydrogen-bond donors (Lipinski definition) is 0. The molecule has 1 aromatic heterocycles. The Kier molecular flexibility index (Phi) is 4.70. The van der Waals surface area contributed by atoms with Crippen molar-refractivity contribution in [3.63, 3.8) is 0 Å². The van der Waals surface area contributed by atoms with Gasteiger partial charge < -0.3 is 9.42 Å². The molecule has 0 radical (unpaired) electrons. The first kappa shape index (κ1) is 17.4. The standard InChI is InChI=1S/C16H25N3O4S/c1-11-6-8-18(9-11)16(20)14-5-4-7-19(10-14)24(21,22)15-12(2)17-23-13(15)3/h11,14H,4-10H2,1-3H3/t11-,14-/m0/s1. The number of aryl methyl sites for hydroxylation is 2. The molecule has 0 N–H and O–H groups in total. The van der Waals surface area contributed by atoms with Gasteiger partial charge in [-0.05, 0) is 39.0 Å². The van der Waals surface area contributed by atoms with Gasteiger partial charge in [0.05, 0.1) is 5.92 Å². The molecule has 2 aliphatic rings. The molecule has 0 saturated carbocycles. The average Bonchev–Trinajstić information content (AvgIpc) is 3.12. The molecule has 1 amide bonds. The number of carbonyl (C=O) groups is 1. The number of hydrogen-bond acceptors (Lipinski definition) is 5. The topological polar surface area (TPSA) is 83.7 Å². The largest absolute Gasteiger partial charge is 0.360 e. The zero-order valence-corrected chi connectivity index (χ0v) is 15.3. The average molecular weight is 355 g/mol. The summed E-state index contributed by atoms with van der Waals surface area (Å²) < 4.78 is 32.3. The van der Waals surface area contributed by atoms with Crippen LogP contribution in [0.1, 0.15) is 37.6 Å². The summed E-state index contributed by atoms with van der Waals surface area (Å²) in [4.78, 5) is 14.7. The maximum Gasteiger partial charge on any atom is 0.248 e. The van der Waals surface area contributed by atoms with Crippen molar-refractivity contribution in [3.05, 3.63) is 11.5 Å². The Hall–Kier alpha value is -1.41. The molecule has 24 heavy (non-hydrogen) atoms. The van der Waals surface area contributed by atoms with Gasteiger partial charge in [-0.3, -0.25) is 4.79 Å². The molecule has 7 nitrogen and oxygen atoms in total. The molecule has 0 aromatic carbocycles. The fourth-order valence-electron chi connectivity index (χ4n) is 3.73. The predicted molar refractivity (Wildman–Crippen MR) is 87.8 cm³/mol. The third kappa shape index (κ3) is 3.09. The highest BCUT2D eigenvalue weighted by Crippen LogP contribution is 2.29. The van der Waals surface area contributed by atoms with Crippen LogP contribution in [0.15, 0.2) is 9.42 Å². The van der Waals surface area contributed by atoms with E-state index >= 15 is 0 Å². The van der Waals surface area contributed by atoms with Crippen LogP contribution in [0.4, 0.5) is 0 Å². The number of amides is 1. The Labute approximate surface area is 143 Å². The molecular weight excluding hydrogens is 330 g/mol. The summed E-state index contributed by atoms with van der Waals surface area (Å²) in [5.41, 5.74) is 0.370. The van der Waals surface area contributed by atoms with E-state index in [-0.39, 0.29) is 23.3 Å². The summed E-state index contributed by atoms with van der Waals surface area (Å²) in [5.74, 6) is 0.673. The van der Waals surface area contributed by atoms with Gasteiger partial charge in [0.25, 0.3) is 0 Å². The summed E-state index contributed by atoms with van der Waals surface area (Å²) in [5, 5.41) is 3.75. The van der Waals surface area contributed by atoms with Crippen molar-refractivity contribution >= 4 is 15.9 Å². The number of sulfonamides is 1. The number of likely N-dealkylation sites (tertiary alicyclic amines) is 1. The SMILES string of the molecule is Cc1noc(C)c1S(=O)(=O)N1CCC[C@H](C(=O)N2CC[C@H](C)C2)C1. The van der Waals surface area contributed by atoms with Gasteiger partial charge >= 0.3 is 0 Å². The van der Waals surface area contributed by atoms with Crippen molar-refractivity contribution < 1.29 is 17.7 Å². The molecule has 134 valence electrons. The summed E-state index contributed by atoms with van der Waals surface area (Å²) in [6, 6.07) is 0. The van der Waals surface area contributed by atoms with Gasteiger partial charge in [0.15, 0.2) is 5.76 Å². The molecule has 2 saturated heterocycles. The van der Waals surface area contributed by atoms with Crippen molar-refractivity contribution in [1.82, 2.24) is 14.4 Å². The monoisotopic (exact) mass is 355 g/mol. The van der Waals surface area contributed by atoms with Gasteiger partial charge in [-0.25, -0.2) is 8.42 Å². The lowest BCUT2D eigenvalue weighted by atomic mass is 9.98. The van der Waals surface area contributed by atoms with Crippen LogP contribution in [-0.4, -0.2) is 54.9 Å². The Morgan fingerprint density at radius 2 is 1.96 bits per heavy atom. The second kappa shape index (κ2) is 6.48. The molecule has 2 aliphatic heterocycles. The van der Waals surface area contributed by atoms with Gasteiger partial charge in [-0.2, -0.15) is 4.31 Å². The van der Waals surface area contributed by atoms with E-state index in [0.717, 1.165) is 25.9 Å². The van der Waals surface area contributed by atoms with Crippen LogP contribution >= 0.6 is 0 Å². The van der Waals surface area contributed by atoms with Crippen LogP contribution in [-0.2, 0) is 14.8 Å². The van der Waals surface area contributed by atoms with Crippen molar-refractivity contribution in [3.8, 4) is 0 Å². The molecule has 3 heterocycles. The zero-order valence-electron chi connectivity index (χ0n) is 14.5.